The van der Waals surface area contributed by atoms with Gasteiger partial charge in [-0.2, -0.15) is 0 Å². The van der Waals surface area contributed by atoms with Crippen molar-refractivity contribution in [1.82, 2.24) is 15.3 Å². The van der Waals surface area contributed by atoms with Crippen molar-refractivity contribution in [2.75, 3.05) is 7.05 Å². The van der Waals surface area contributed by atoms with Crippen LogP contribution in [0.4, 0.5) is 0 Å². The van der Waals surface area contributed by atoms with Gasteiger partial charge in [0.2, 0.25) is 0 Å². The van der Waals surface area contributed by atoms with Gasteiger partial charge in [0.1, 0.15) is 11.6 Å². The van der Waals surface area contributed by atoms with Crippen LogP contribution in [-0.2, 0) is 6.42 Å². The zero-order chi connectivity index (χ0) is 13.0. The molecule has 0 saturated carbocycles. The van der Waals surface area contributed by atoms with Crippen LogP contribution in [0.3, 0.4) is 0 Å². The molecular formula is C14H17N3O. The smallest absolute Gasteiger partial charge is 0.145 e. The second kappa shape index (κ2) is 5.60. The maximum atomic E-state index is 9.45. The molecule has 2 N–H and O–H groups in total. The fraction of sp³-hybridized carbons (Fsp3) is 0.286. The molecule has 0 radical (unpaired) electrons. The predicted octanol–water partition coefficient (Wildman–Crippen LogP) is 1.99. The lowest BCUT2D eigenvalue weighted by atomic mass is 10.1. The van der Waals surface area contributed by atoms with Gasteiger partial charge in [0.05, 0.1) is 6.04 Å². The third-order valence-corrected chi connectivity index (χ3v) is 2.81. The first-order chi connectivity index (χ1) is 8.69. The van der Waals surface area contributed by atoms with Crippen molar-refractivity contribution in [3.63, 3.8) is 0 Å². The van der Waals surface area contributed by atoms with E-state index in [1.54, 1.807) is 12.1 Å². The molecule has 2 aromatic rings. The average molecular weight is 243 g/mol. The van der Waals surface area contributed by atoms with Crippen molar-refractivity contribution < 1.29 is 5.11 Å². The molecule has 0 bridgehead atoms. The molecule has 0 aliphatic rings. The van der Waals surface area contributed by atoms with E-state index < -0.39 is 0 Å². The monoisotopic (exact) mass is 243 g/mol. The van der Waals surface area contributed by atoms with E-state index in [1.807, 2.05) is 38.5 Å². The van der Waals surface area contributed by atoms with Crippen molar-refractivity contribution in [3.8, 4) is 5.75 Å². The van der Waals surface area contributed by atoms with Crippen molar-refractivity contribution in [2.24, 2.45) is 0 Å². The van der Waals surface area contributed by atoms with Gasteiger partial charge in [-0.05, 0) is 43.7 Å². The third-order valence-electron chi connectivity index (χ3n) is 2.81. The number of nitrogens with zero attached hydrogens (tertiary/aromatic N) is 2. The molecule has 0 amide bonds. The van der Waals surface area contributed by atoms with Crippen LogP contribution in [0.2, 0.25) is 0 Å². The highest BCUT2D eigenvalue weighted by Crippen LogP contribution is 2.18. The molecule has 2 rings (SSSR count). The van der Waals surface area contributed by atoms with Crippen LogP contribution >= 0.6 is 0 Å². The summed E-state index contributed by atoms with van der Waals surface area (Å²) in [6.07, 6.45) is 4.37. The van der Waals surface area contributed by atoms with E-state index >= 15 is 0 Å². The Kier molecular flexibility index (Phi) is 3.89. The van der Waals surface area contributed by atoms with Gasteiger partial charge in [-0.1, -0.05) is 12.1 Å². The highest BCUT2D eigenvalue weighted by Gasteiger charge is 2.13. The van der Waals surface area contributed by atoms with E-state index in [4.69, 9.17) is 0 Å². The Morgan fingerprint density at radius 3 is 2.61 bits per heavy atom. The number of benzene rings is 1. The molecule has 4 nitrogen and oxygen atoms in total. The van der Waals surface area contributed by atoms with Crippen LogP contribution in [0.15, 0.2) is 36.7 Å². The summed E-state index contributed by atoms with van der Waals surface area (Å²) in [6, 6.07) is 7.30. The molecule has 1 aromatic carbocycles. The average Bonchev–Trinajstić information content (AvgIpc) is 2.37. The molecule has 1 unspecified atom stereocenters. The van der Waals surface area contributed by atoms with Gasteiger partial charge < -0.3 is 10.4 Å². The van der Waals surface area contributed by atoms with Gasteiger partial charge in [-0.25, -0.2) is 9.97 Å². The zero-order valence-corrected chi connectivity index (χ0v) is 10.6. The fourth-order valence-corrected chi connectivity index (χ4v) is 1.82. The van der Waals surface area contributed by atoms with Crippen molar-refractivity contribution >= 4 is 0 Å². The van der Waals surface area contributed by atoms with Crippen LogP contribution in [0, 0.1) is 6.92 Å². The summed E-state index contributed by atoms with van der Waals surface area (Å²) in [5.41, 5.74) is 2.10. The summed E-state index contributed by atoms with van der Waals surface area (Å²) in [7, 11) is 1.89. The van der Waals surface area contributed by atoms with Crippen molar-refractivity contribution in [1.29, 1.82) is 0 Å². The lowest BCUT2D eigenvalue weighted by Gasteiger charge is -2.14. The Labute approximate surface area is 107 Å². The maximum absolute atomic E-state index is 9.45. The minimum atomic E-state index is 0.0485. The first kappa shape index (κ1) is 12.5. The molecule has 94 valence electrons. The van der Waals surface area contributed by atoms with Crippen LogP contribution in [-0.4, -0.2) is 22.1 Å². The Hall–Kier alpha value is -1.94. The van der Waals surface area contributed by atoms with E-state index in [-0.39, 0.29) is 11.8 Å². The van der Waals surface area contributed by atoms with E-state index in [1.165, 1.54) is 0 Å². The van der Waals surface area contributed by atoms with Gasteiger partial charge in [0.15, 0.2) is 0 Å². The van der Waals surface area contributed by atoms with Crippen LogP contribution in [0.25, 0.3) is 0 Å². The van der Waals surface area contributed by atoms with Crippen molar-refractivity contribution in [3.05, 3.63) is 53.6 Å². The van der Waals surface area contributed by atoms with E-state index in [0.29, 0.717) is 0 Å². The number of phenols is 1. The first-order valence-electron chi connectivity index (χ1n) is 5.93. The number of aromatic hydroxyl groups is 1. The van der Waals surface area contributed by atoms with E-state index in [0.717, 1.165) is 23.4 Å². The van der Waals surface area contributed by atoms with Crippen LogP contribution in [0.1, 0.15) is 23.0 Å². The summed E-state index contributed by atoms with van der Waals surface area (Å²) >= 11 is 0. The number of phenolic OH excluding ortho intramolecular Hbond substituents is 1. The largest absolute Gasteiger partial charge is 0.508 e. The van der Waals surface area contributed by atoms with Gasteiger partial charge in [0, 0.05) is 12.4 Å². The number of rotatable bonds is 4. The lowest BCUT2D eigenvalue weighted by molar-refractivity contribution is 0.473. The van der Waals surface area contributed by atoms with Gasteiger partial charge in [-0.3, -0.25) is 0 Å². The molecule has 18 heavy (non-hydrogen) atoms. The molecule has 1 heterocycles. The van der Waals surface area contributed by atoms with Crippen LogP contribution in [0.5, 0.6) is 5.75 Å². The van der Waals surface area contributed by atoms with Gasteiger partial charge in [0.25, 0.3) is 0 Å². The number of nitrogens with one attached hydrogen (secondary N) is 1. The molecule has 0 saturated heterocycles. The molecule has 0 fully saturated rings. The normalized spacial score (nSPS) is 12.3. The van der Waals surface area contributed by atoms with Gasteiger partial charge >= 0.3 is 0 Å². The minimum absolute atomic E-state index is 0.0485. The molecule has 0 aliphatic carbocycles. The summed E-state index contributed by atoms with van der Waals surface area (Å²) in [4.78, 5) is 8.66. The van der Waals surface area contributed by atoms with Gasteiger partial charge in [-0.15, -0.1) is 0 Å². The molecule has 4 heteroatoms. The topological polar surface area (TPSA) is 58.0 Å². The Balaban J connectivity index is 2.17. The molecular weight excluding hydrogens is 226 g/mol. The van der Waals surface area contributed by atoms with E-state index in [2.05, 4.69) is 15.3 Å². The minimum Gasteiger partial charge on any atom is -0.508 e. The van der Waals surface area contributed by atoms with Crippen LogP contribution < -0.4 is 5.32 Å². The summed E-state index contributed by atoms with van der Waals surface area (Å²) < 4.78 is 0. The second-order valence-corrected chi connectivity index (χ2v) is 4.33. The molecule has 1 aromatic heterocycles. The standard InChI is InChI=1S/C14H17N3O/c1-10-8-16-14(17-9-10)13(15-2)7-11-4-3-5-12(18)6-11/h3-6,8-9,13,15,18H,7H2,1-2H3. The second-order valence-electron chi connectivity index (χ2n) is 4.33. The predicted molar refractivity (Wildman–Crippen MR) is 70.4 cm³/mol. The first-order valence-corrected chi connectivity index (χ1v) is 5.93. The fourth-order valence-electron chi connectivity index (χ4n) is 1.82. The maximum Gasteiger partial charge on any atom is 0.145 e. The number of aryl methyl sites for hydroxylation is 1. The van der Waals surface area contributed by atoms with Crippen molar-refractivity contribution in [2.45, 2.75) is 19.4 Å². The molecule has 0 aliphatic heterocycles. The Morgan fingerprint density at radius 2 is 2.00 bits per heavy atom. The summed E-state index contributed by atoms with van der Waals surface area (Å²) in [6.45, 7) is 1.97. The van der Waals surface area contributed by atoms with E-state index in [9.17, 15) is 5.11 Å². The number of hydrogen-bond acceptors (Lipinski definition) is 4. The number of hydrogen-bond donors (Lipinski definition) is 2. The summed E-state index contributed by atoms with van der Waals surface area (Å²) in [5.74, 6) is 1.05. The lowest BCUT2D eigenvalue weighted by Crippen LogP contribution is -2.21. The highest BCUT2D eigenvalue weighted by atomic mass is 16.3. The zero-order valence-electron chi connectivity index (χ0n) is 10.6. The highest BCUT2D eigenvalue weighted by molar-refractivity contribution is 5.28. The molecule has 1 atom stereocenters. The summed E-state index contributed by atoms with van der Waals surface area (Å²) in [5, 5.41) is 12.7. The SMILES string of the molecule is CNC(Cc1cccc(O)c1)c1ncc(C)cn1. The Bertz CT molecular complexity index is 511. The molecule has 0 spiro atoms. The number of likely N-dealkylation sites (N-methyl/N-ethyl adjacent to an activating group) is 1. The number of aromatic nitrogens is 2. The third kappa shape index (κ3) is 3.05. The Morgan fingerprint density at radius 1 is 1.28 bits per heavy atom. The quantitative estimate of drug-likeness (QED) is 0.862.